The van der Waals surface area contributed by atoms with Crippen LogP contribution in [-0.2, 0) is 6.42 Å². The minimum absolute atomic E-state index is 0.0532. The molecular weight excluding hydrogens is 324 g/mol. The molecule has 2 aromatic rings. The molecule has 1 amide bonds. The lowest BCUT2D eigenvalue weighted by atomic mass is 10.1. The van der Waals surface area contributed by atoms with Gasteiger partial charge in [-0.15, -0.1) is 11.3 Å². The van der Waals surface area contributed by atoms with E-state index < -0.39 is 0 Å². The highest BCUT2D eigenvalue weighted by Crippen LogP contribution is 2.20. The van der Waals surface area contributed by atoms with Crippen molar-refractivity contribution in [3.8, 4) is 0 Å². The zero-order valence-electron chi connectivity index (χ0n) is 10.9. The number of hydrogen-bond donors (Lipinski definition) is 1. The van der Waals surface area contributed by atoms with Crippen LogP contribution in [0.25, 0.3) is 0 Å². The number of aromatic nitrogens is 1. The predicted molar refractivity (Wildman–Crippen MR) is 81.8 cm³/mol. The van der Waals surface area contributed by atoms with Gasteiger partial charge in [0.1, 0.15) is 0 Å². The van der Waals surface area contributed by atoms with Crippen LogP contribution in [0.1, 0.15) is 26.6 Å². The summed E-state index contributed by atoms with van der Waals surface area (Å²) in [6, 6.07) is 5.68. The lowest BCUT2D eigenvalue weighted by molar-refractivity contribution is 0.0953. The van der Waals surface area contributed by atoms with Gasteiger partial charge < -0.3 is 5.32 Å². The zero-order chi connectivity index (χ0) is 13.8. The smallest absolute Gasteiger partial charge is 0.252 e. The lowest BCUT2D eigenvalue weighted by Crippen LogP contribution is -2.26. The Balaban J connectivity index is 1.93. The first-order valence-electron chi connectivity index (χ1n) is 6.02. The Bertz CT molecular complexity index is 595. The number of thiazole rings is 1. The summed E-state index contributed by atoms with van der Waals surface area (Å²) in [6.45, 7) is 4.55. The molecule has 1 aromatic carbocycles. The van der Waals surface area contributed by atoms with Crippen LogP contribution in [0.3, 0.4) is 0 Å². The molecule has 0 radical (unpaired) electrons. The van der Waals surface area contributed by atoms with Crippen molar-refractivity contribution in [2.45, 2.75) is 20.3 Å². The minimum atomic E-state index is -0.0532. The Kier molecular flexibility index (Phi) is 4.71. The SMILES string of the molecule is Cc1nc(CCNC(=O)c2cccc(C)c2Br)cs1. The van der Waals surface area contributed by atoms with Gasteiger partial charge in [0, 0.05) is 22.8 Å². The van der Waals surface area contributed by atoms with Crippen LogP contribution in [0, 0.1) is 13.8 Å². The maximum absolute atomic E-state index is 12.1. The maximum atomic E-state index is 12.1. The van der Waals surface area contributed by atoms with Crippen LogP contribution in [0.2, 0.25) is 0 Å². The molecule has 0 spiro atoms. The summed E-state index contributed by atoms with van der Waals surface area (Å²) in [4.78, 5) is 16.4. The van der Waals surface area contributed by atoms with Gasteiger partial charge in [-0.2, -0.15) is 0 Å². The summed E-state index contributed by atoms with van der Waals surface area (Å²) in [7, 11) is 0. The van der Waals surface area contributed by atoms with E-state index in [1.807, 2.05) is 37.4 Å². The van der Waals surface area contributed by atoms with Crippen LogP contribution in [0.4, 0.5) is 0 Å². The molecule has 0 aliphatic carbocycles. The molecule has 2 rings (SSSR count). The number of aryl methyl sites for hydroxylation is 2. The van der Waals surface area contributed by atoms with Crippen molar-refractivity contribution in [2.24, 2.45) is 0 Å². The molecule has 5 heteroatoms. The third-order valence-electron chi connectivity index (χ3n) is 2.77. The average molecular weight is 339 g/mol. The second-order valence-corrected chi connectivity index (χ2v) is 6.16. The number of carbonyl (C=O) groups is 1. The second-order valence-electron chi connectivity index (χ2n) is 4.30. The summed E-state index contributed by atoms with van der Waals surface area (Å²) in [5.74, 6) is -0.0532. The Morgan fingerprint density at radius 3 is 2.89 bits per heavy atom. The highest BCUT2D eigenvalue weighted by molar-refractivity contribution is 9.10. The number of amides is 1. The van der Waals surface area contributed by atoms with Gasteiger partial charge in [0.2, 0.25) is 0 Å². The molecule has 1 aromatic heterocycles. The number of halogens is 1. The number of rotatable bonds is 4. The summed E-state index contributed by atoms with van der Waals surface area (Å²) in [5.41, 5.74) is 2.77. The van der Waals surface area contributed by atoms with Crippen molar-refractivity contribution in [2.75, 3.05) is 6.54 Å². The fourth-order valence-electron chi connectivity index (χ4n) is 1.75. The van der Waals surface area contributed by atoms with E-state index in [9.17, 15) is 4.79 Å². The summed E-state index contributed by atoms with van der Waals surface area (Å²) in [6.07, 6.45) is 0.763. The van der Waals surface area contributed by atoms with E-state index in [0.29, 0.717) is 12.1 Å². The van der Waals surface area contributed by atoms with Gasteiger partial charge in [-0.25, -0.2) is 4.98 Å². The molecule has 0 fully saturated rings. The van der Waals surface area contributed by atoms with Crippen molar-refractivity contribution in [3.05, 3.63) is 49.9 Å². The lowest BCUT2D eigenvalue weighted by Gasteiger charge is -2.07. The third-order valence-corrected chi connectivity index (χ3v) is 4.64. The molecule has 3 nitrogen and oxygen atoms in total. The first-order chi connectivity index (χ1) is 9.08. The van der Waals surface area contributed by atoms with E-state index in [-0.39, 0.29) is 5.91 Å². The number of carbonyl (C=O) groups excluding carboxylic acids is 1. The summed E-state index contributed by atoms with van der Waals surface area (Å²) < 4.78 is 0.858. The van der Waals surface area contributed by atoms with Gasteiger partial charge in [0.05, 0.1) is 16.3 Å². The molecule has 0 aliphatic rings. The van der Waals surface area contributed by atoms with E-state index in [1.54, 1.807) is 11.3 Å². The maximum Gasteiger partial charge on any atom is 0.252 e. The number of hydrogen-bond acceptors (Lipinski definition) is 3. The van der Waals surface area contributed by atoms with Crippen LogP contribution >= 0.6 is 27.3 Å². The number of nitrogens with zero attached hydrogens (tertiary/aromatic N) is 1. The first-order valence-corrected chi connectivity index (χ1v) is 7.69. The quantitative estimate of drug-likeness (QED) is 0.926. The van der Waals surface area contributed by atoms with Crippen molar-refractivity contribution in [1.29, 1.82) is 0 Å². The van der Waals surface area contributed by atoms with Gasteiger partial charge in [-0.1, -0.05) is 12.1 Å². The standard InChI is InChI=1S/C14H15BrN2OS/c1-9-4-3-5-12(13(9)15)14(18)16-7-6-11-8-19-10(2)17-11/h3-5,8H,6-7H2,1-2H3,(H,16,18). The molecule has 0 saturated heterocycles. The summed E-state index contributed by atoms with van der Waals surface area (Å²) >= 11 is 5.08. The fraction of sp³-hybridized carbons (Fsp3) is 0.286. The highest BCUT2D eigenvalue weighted by atomic mass is 79.9. The van der Waals surface area contributed by atoms with Gasteiger partial charge in [0.25, 0.3) is 5.91 Å². The van der Waals surface area contributed by atoms with E-state index in [1.165, 1.54) is 0 Å². The second kappa shape index (κ2) is 6.30. The third kappa shape index (κ3) is 3.64. The Hall–Kier alpha value is -1.20. The predicted octanol–water partition coefficient (Wildman–Crippen LogP) is 3.49. The largest absolute Gasteiger partial charge is 0.352 e. The van der Waals surface area contributed by atoms with Gasteiger partial charge in [-0.3, -0.25) is 4.79 Å². The molecule has 1 N–H and O–H groups in total. The van der Waals surface area contributed by atoms with Crippen molar-refractivity contribution in [1.82, 2.24) is 10.3 Å². The molecule has 100 valence electrons. The van der Waals surface area contributed by atoms with E-state index >= 15 is 0 Å². The van der Waals surface area contributed by atoms with Gasteiger partial charge in [0.15, 0.2) is 0 Å². The highest BCUT2D eigenvalue weighted by Gasteiger charge is 2.10. The molecular formula is C14H15BrN2OS. The minimum Gasteiger partial charge on any atom is -0.352 e. The van der Waals surface area contributed by atoms with Crippen molar-refractivity contribution in [3.63, 3.8) is 0 Å². The molecule has 19 heavy (non-hydrogen) atoms. The molecule has 1 heterocycles. The van der Waals surface area contributed by atoms with Crippen molar-refractivity contribution >= 4 is 33.2 Å². The zero-order valence-corrected chi connectivity index (χ0v) is 13.3. The Morgan fingerprint density at radius 2 is 2.21 bits per heavy atom. The van der Waals surface area contributed by atoms with E-state index in [4.69, 9.17) is 0 Å². The van der Waals surface area contributed by atoms with Crippen LogP contribution < -0.4 is 5.32 Å². The van der Waals surface area contributed by atoms with E-state index in [0.717, 1.165) is 27.2 Å². The van der Waals surface area contributed by atoms with Crippen LogP contribution in [-0.4, -0.2) is 17.4 Å². The monoisotopic (exact) mass is 338 g/mol. The number of nitrogens with one attached hydrogen (secondary N) is 1. The Morgan fingerprint density at radius 1 is 1.42 bits per heavy atom. The first kappa shape index (κ1) is 14.2. The Labute approximate surface area is 125 Å². The topological polar surface area (TPSA) is 42.0 Å². The normalized spacial score (nSPS) is 10.5. The van der Waals surface area contributed by atoms with E-state index in [2.05, 4.69) is 26.2 Å². The molecule has 0 atom stereocenters. The average Bonchev–Trinajstić information content (AvgIpc) is 2.78. The van der Waals surface area contributed by atoms with Crippen LogP contribution in [0.5, 0.6) is 0 Å². The fourth-order valence-corrected chi connectivity index (χ4v) is 2.84. The molecule has 0 aliphatic heterocycles. The number of benzene rings is 1. The molecule has 0 saturated carbocycles. The summed E-state index contributed by atoms with van der Waals surface area (Å²) in [5, 5.41) is 6.01. The van der Waals surface area contributed by atoms with Gasteiger partial charge in [-0.05, 0) is 41.4 Å². The van der Waals surface area contributed by atoms with Gasteiger partial charge >= 0.3 is 0 Å². The van der Waals surface area contributed by atoms with Crippen LogP contribution in [0.15, 0.2) is 28.1 Å². The molecule has 0 unspecified atom stereocenters. The van der Waals surface area contributed by atoms with Crippen molar-refractivity contribution < 1.29 is 4.79 Å². The molecule has 0 bridgehead atoms.